The molecule has 0 saturated carbocycles. The Morgan fingerprint density at radius 1 is 1.00 bits per heavy atom. The highest BCUT2D eigenvalue weighted by atomic mass is 35.5. The summed E-state index contributed by atoms with van der Waals surface area (Å²) in [6.07, 6.45) is 0. The van der Waals surface area contributed by atoms with E-state index in [1.54, 1.807) is 41.3 Å². The van der Waals surface area contributed by atoms with E-state index in [2.05, 4.69) is 11.8 Å². The minimum absolute atomic E-state index is 0.151. The molecular formula is C23H22Cl2N2O3S. The molecule has 1 atom stereocenters. The van der Waals surface area contributed by atoms with Crippen LogP contribution in [0.25, 0.3) is 0 Å². The lowest BCUT2D eigenvalue weighted by Crippen LogP contribution is -2.48. The second-order valence-corrected chi connectivity index (χ2v) is 9.75. The smallest absolute Gasteiger partial charge is 0.289 e. The number of nitrogens with zero attached hydrogens (tertiary/aromatic N) is 2. The first-order valence-electron chi connectivity index (χ1n) is 9.94. The molecule has 3 aromatic rings. The quantitative estimate of drug-likeness (QED) is 0.509. The third-order valence-corrected chi connectivity index (χ3v) is 7.08. The summed E-state index contributed by atoms with van der Waals surface area (Å²) in [5.41, 5.74) is 2.26. The van der Waals surface area contributed by atoms with E-state index in [9.17, 15) is 9.00 Å². The first kappa shape index (κ1) is 21.9. The van der Waals surface area contributed by atoms with Crippen molar-refractivity contribution in [3.05, 3.63) is 81.7 Å². The Labute approximate surface area is 194 Å². The molecule has 31 heavy (non-hydrogen) atoms. The van der Waals surface area contributed by atoms with Crippen LogP contribution in [-0.4, -0.2) is 41.2 Å². The summed E-state index contributed by atoms with van der Waals surface area (Å²) in [7, 11) is -1.30. The van der Waals surface area contributed by atoms with E-state index in [-0.39, 0.29) is 17.4 Å². The number of carbonyl (C=O) groups is 1. The number of hydrogen-bond acceptors (Lipinski definition) is 4. The largest absolute Gasteiger partial charge is 0.455 e. The van der Waals surface area contributed by atoms with Gasteiger partial charge in [0.25, 0.3) is 5.91 Å². The maximum absolute atomic E-state index is 12.9. The maximum Gasteiger partial charge on any atom is 0.289 e. The van der Waals surface area contributed by atoms with Crippen molar-refractivity contribution in [3.63, 3.8) is 0 Å². The zero-order valence-electron chi connectivity index (χ0n) is 17.0. The normalized spacial score (nSPS) is 15.2. The van der Waals surface area contributed by atoms with Gasteiger partial charge in [-0.2, -0.15) is 0 Å². The van der Waals surface area contributed by atoms with Crippen LogP contribution < -0.4 is 4.90 Å². The first-order chi connectivity index (χ1) is 14.9. The van der Waals surface area contributed by atoms with Crippen LogP contribution in [-0.2, 0) is 16.6 Å². The lowest BCUT2D eigenvalue weighted by atomic mass is 10.1. The number of benzene rings is 2. The van der Waals surface area contributed by atoms with Crippen LogP contribution in [0.1, 0.15) is 21.9 Å². The summed E-state index contributed by atoms with van der Waals surface area (Å²) >= 11 is 12.1. The molecule has 0 unspecified atom stereocenters. The fourth-order valence-electron chi connectivity index (χ4n) is 3.62. The molecule has 0 radical (unpaired) electrons. The highest BCUT2D eigenvalue weighted by molar-refractivity contribution is 7.84. The molecule has 0 spiro atoms. The molecule has 0 N–H and O–H groups in total. The number of halogens is 2. The van der Waals surface area contributed by atoms with E-state index < -0.39 is 10.8 Å². The van der Waals surface area contributed by atoms with Crippen molar-refractivity contribution in [1.29, 1.82) is 0 Å². The summed E-state index contributed by atoms with van der Waals surface area (Å²) in [5, 5.41) is 1.24. The minimum Gasteiger partial charge on any atom is -0.455 e. The van der Waals surface area contributed by atoms with E-state index in [1.165, 1.54) is 0 Å². The van der Waals surface area contributed by atoms with Crippen molar-refractivity contribution in [1.82, 2.24) is 4.90 Å². The van der Waals surface area contributed by atoms with Crippen molar-refractivity contribution in [3.8, 4) is 0 Å². The molecule has 162 valence electrons. The van der Waals surface area contributed by atoms with Crippen LogP contribution in [0.4, 0.5) is 5.69 Å². The van der Waals surface area contributed by atoms with Crippen molar-refractivity contribution in [2.75, 3.05) is 31.1 Å². The van der Waals surface area contributed by atoms with Gasteiger partial charge in [-0.15, -0.1) is 0 Å². The van der Waals surface area contributed by atoms with Gasteiger partial charge in [-0.05, 0) is 55.0 Å². The Morgan fingerprint density at radius 2 is 1.74 bits per heavy atom. The molecule has 8 heteroatoms. The Kier molecular flexibility index (Phi) is 6.70. The number of carbonyl (C=O) groups excluding carboxylic acids is 1. The highest BCUT2D eigenvalue weighted by Crippen LogP contribution is 2.26. The van der Waals surface area contributed by atoms with E-state index in [4.69, 9.17) is 27.6 Å². The zero-order valence-corrected chi connectivity index (χ0v) is 19.3. The SMILES string of the molecule is Cc1ccc(Cl)cc1N1CCN(C(=O)c2ccc(C[S@](=O)c3cccc(Cl)c3)o2)CC1. The first-order valence-corrected chi connectivity index (χ1v) is 12.0. The number of piperazine rings is 1. The monoisotopic (exact) mass is 476 g/mol. The molecule has 0 bridgehead atoms. The van der Waals surface area contributed by atoms with Crippen LogP contribution in [0.5, 0.6) is 0 Å². The molecular weight excluding hydrogens is 455 g/mol. The third-order valence-electron chi connectivity index (χ3n) is 5.28. The number of furan rings is 1. The summed E-state index contributed by atoms with van der Waals surface area (Å²) in [6, 6.07) is 16.2. The van der Waals surface area contributed by atoms with Crippen molar-refractivity contribution in [2.45, 2.75) is 17.6 Å². The molecule has 2 heterocycles. The summed E-state index contributed by atoms with van der Waals surface area (Å²) in [5.74, 6) is 0.817. The average Bonchev–Trinajstić information content (AvgIpc) is 3.23. The number of anilines is 1. The predicted molar refractivity (Wildman–Crippen MR) is 125 cm³/mol. The number of amides is 1. The molecule has 1 saturated heterocycles. The minimum atomic E-state index is -1.30. The maximum atomic E-state index is 12.9. The van der Waals surface area contributed by atoms with E-state index in [0.717, 1.165) is 24.3 Å². The molecule has 1 fully saturated rings. The van der Waals surface area contributed by atoms with Crippen LogP contribution >= 0.6 is 23.2 Å². The lowest BCUT2D eigenvalue weighted by molar-refractivity contribution is 0.0713. The second kappa shape index (κ2) is 9.47. The Morgan fingerprint density at radius 3 is 2.48 bits per heavy atom. The summed E-state index contributed by atoms with van der Waals surface area (Å²) in [6.45, 7) is 4.68. The Balaban J connectivity index is 1.37. The average molecular weight is 477 g/mol. The van der Waals surface area contributed by atoms with Gasteiger partial charge in [0.2, 0.25) is 0 Å². The fraction of sp³-hybridized carbons (Fsp3) is 0.261. The van der Waals surface area contributed by atoms with Crippen LogP contribution in [0.15, 0.2) is 63.9 Å². The third kappa shape index (κ3) is 5.14. The highest BCUT2D eigenvalue weighted by Gasteiger charge is 2.25. The summed E-state index contributed by atoms with van der Waals surface area (Å²) in [4.78, 5) is 17.5. The van der Waals surface area contributed by atoms with Crippen LogP contribution in [0, 0.1) is 6.92 Å². The topological polar surface area (TPSA) is 53.8 Å². The molecule has 1 aliphatic heterocycles. The molecule has 1 aliphatic rings. The van der Waals surface area contributed by atoms with Gasteiger partial charge in [0.05, 0.1) is 16.6 Å². The molecule has 1 amide bonds. The molecule has 4 rings (SSSR count). The molecule has 5 nitrogen and oxygen atoms in total. The molecule has 0 aliphatic carbocycles. The van der Waals surface area contributed by atoms with Gasteiger partial charge in [-0.1, -0.05) is 35.3 Å². The standard InChI is InChI=1S/C23H22Cl2N2O3S/c1-16-5-6-18(25)14-21(16)26-9-11-27(12-10-26)23(28)22-8-7-19(30-22)15-31(29)20-4-2-3-17(24)13-20/h2-8,13-14H,9-12,15H2,1H3/t31-/m0/s1. The Bertz CT molecular complexity index is 1120. The van der Waals surface area contributed by atoms with E-state index in [1.807, 2.05) is 18.2 Å². The second-order valence-electron chi connectivity index (χ2n) is 7.42. The Hall–Kier alpha value is -2.28. The van der Waals surface area contributed by atoms with Crippen molar-refractivity contribution < 1.29 is 13.4 Å². The molecule has 2 aromatic carbocycles. The number of hydrogen-bond donors (Lipinski definition) is 0. The fourth-order valence-corrected chi connectivity index (χ4v) is 5.11. The molecule has 1 aromatic heterocycles. The van der Waals surface area contributed by atoms with Gasteiger partial charge in [-0.25, -0.2) is 0 Å². The lowest BCUT2D eigenvalue weighted by Gasteiger charge is -2.36. The zero-order chi connectivity index (χ0) is 22.0. The van der Waals surface area contributed by atoms with Gasteiger partial charge in [0.15, 0.2) is 5.76 Å². The van der Waals surface area contributed by atoms with E-state index >= 15 is 0 Å². The number of aryl methyl sites for hydroxylation is 1. The van der Waals surface area contributed by atoms with Gasteiger partial charge in [-0.3, -0.25) is 9.00 Å². The van der Waals surface area contributed by atoms with Gasteiger partial charge in [0, 0.05) is 46.8 Å². The van der Waals surface area contributed by atoms with Crippen LogP contribution in [0.3, 0.4) is 0 Å². The van der Waals surface area contributed by atoms with Gasteiger partial charge in [0.1, 0.15) is 5.76 Å². The van der Waals surface area contributed by atoms with Crippen molar-refractivity contribution >= 4 is 45.6 Å². The van der Waals surface area contributed by atoms with Crippen molar-refractivity contribution in [2.24, 2.45) is 0 Å². The van der Waals surface area contributed by atoms with Gasteiger partial charge >= 0.3 is 0 Å². The van der Waals surface area contributed by atoms with Crippen LogP contribution in [0.2, 0.25) is 10.0 Å². The summed E-state index contributed by atoms with van der Waals surface area (Å²) < 4.78 is 18.3. The number of rotatable bonds is 5. The predicted octanol–water partition coefficient (Wildman–Crippen LogP) is 5.17. The van der Waals surface area contributed by atoms with Gasteiger partial charge < -0.3 is 14.2 Å². The van der Waals surface area contributed by atoms with E-state index in [0.29, 0.717) is 33.8 Å².